The van der Waals surface area contributed by atoms with Crippen molar-refractivity contribution >= 4 is 17.5 Å². The first-order valence-corrected chi connectivity index (χ1v) is 9.71. The first-order valence-electron chi connectivity index (χ1n) is 9.71. The fourth-order valence-electron chi connectivity index (χ4n) is 3.16. The lowest BCUT2D eigenvalue weighted by Crippen LogP contribution is -2.33. The summed E-state index contributed by atoms with van der Waals surface area (Å²) >= 11 is 0. The third-order valence-electron chi connectivity index (χ3n) is 4.86. The van der Waals surface area contributed by atoms with E-state index in [4.69, 9.17) is 4.74 Å². The number of amides is 2. The summed E-state index contributed by atoms with van der Waals surface area (Å²) in [6, 6.07) is 13.8. The minimum absolute atomic E-state index is 0.0270. The molecule has 0 bridgehead atoms. The second kappa shape index (κ2) is 10.5. The van der Waals surface area contributed by atoms with E-state index >= 15 is 0 Å². The molecule has 0 spiro atoms. The lowest BCUT2D eigenvalue weighted by Gasteiger charge is -2.21. The van der Waals surface area contributed by atoms with Gasteiger partial charge in [0, 0.05) is 32.1 Å². The summed E-state index contributed by atoms with van der Waals surface area (Å²) in [6.45, 7) is 6.57. The van der Waals surface area contributed by atoms with Gasteiger partial charge in [-0.15, -0.1) is 0 Å². The first-order chi connectivity index (χ1) is 13.4. The smallest absolute Gasteiger partial charge is 0.226 e. The normalized spacial score (nSPS) is 10.4. The number of anilines is 1. The molecule has 0 aliphatic carbocycles. The molecule has 0 saturated carbocycles. The quantitative estimate of drug-likeness (QED) is 0.713. The molecule has 0 aromatic heterocycles. The minimum Gasteiger partial charge on any atom is -0.497 e. The summed E-state index contributed by atoms with van der Waals surface area (Å²) in [7, 11) is 1.64. The van der Waals surface area contributed by atoms with Gasteiger partial charge in [-0.2, -0.15) is 0 Å². The van der Waals surface area contributed by atoms with Crippen LogP contribution in [0.1, 0.15) is 37.0 Å². The van der Waals surface area contributed by atoms with Crippen LogP contribution in [0.5, 0.6) is 5.75 Å². The first kappa shape index (κ1) is 21.5. The molecular formula is C23H30N2O3. The molecule has 28 heavy (non-hydrogen) atoms. The van der Waals surface area contributed by atoms with Crippen molar-refractivity contribution in [2.45, 2.75) is 40.0 Å². The van der Waals surface area contributed by atoms with Gasteiger partial charge < -0.3 is 15.0 Å². The van der Waals surface area contributed by atoms with Crippen molar-refractivity contribution in [1.29, 1.82) is 0 Å². The number of ether oxygens (including phenoxy) is 1. The molecule has 1 N–H and O–H groups in total. The van der Waals surface area contributed by atoms with E-state index in [-0.39, 0.29) is 18.2 Å². The van der Waals surface area contributed by atoms with Crippen LogP contribution in [-0.4, -0.2) is 36.9 Å². The summed E-state index contributed by atoms with van der Waals surface area (Å²) in [6.07, 6.45) is 1.85. The molecular weight excluding hydrogens is 352 g/mol. The zero-order valence-electron chi connectivity index (χ0n) is 17.2. The van der Waals surface area contributed by atoms with Gasteiger partial charge in [-0.05, 0) is 48.6 Å². The molecule has 5 heteroatoms. The molecule has 0 fully saturated rings. The largest absolute Gasteiger partial charge is 0.497 e. The van der Waals surface area contributed by atoms with Gasteiger partial charge in [-0.25, -0.2) is 0 Å². The maximum atomic E-state index is 12.5. The molecule has 5 nitrogen and oxygen atoms in total. The van der Waals surface area contributed by atoms with Gasteiger partial charge >= 0.3 is 0 Å². The van der Waals surface area contributed by atoms with Gasteiger partial charge in [0.05, 0.1) is 7.11 Å². The Balaban J connectivity index is 1.92. The lowest BCUT2D eigenvalue weighted by molar-refractivity contribution is -0.129. The molecule has 0 radical (unpaired) electrons. The van der Waals surface area contributed by atoms with Crippen LogP contribution in [0.15, 0.2) is 42.5 Å². The van der Waals surface area contributed by atoms with E-state index in [0.29, 0.717) is 13.1 Å². The number of methoxy groups -OCH3 is 1. The number of carbonyl (C=O) groups is 2. The highest BCUT2D eigenvalue weighted by Crippen LogP contribution is 2.21. The fourth-order valence-corrected chi connectivity index (χ4v) is 3.16. The number of benzene rings is 2. The Labute approximate surface area is 167 Å². The summed E-state index contributed by atoms with van der Waals surface area (Å²) in [4.78, 5) is 26.2. The molecule has 2 aromatic carbocycles. The third kappa shape index (κ3) is 6.12. The second-order valence-electron chi connectivity index (χ2n) is 6.87. The molecule has 0 atom stereocenters. The van der Waals surface area contributed by atoms with Crippen LogP contribution in [0, 0.1) is 6.92 Å². The molecule has 150 valence electrons. The number of hydrogen-bond donors (Lipinski definition) is 1. The van der Waals surface area contributed by atoms with Crippen LogP contribution in [-0.2, 0) is 22.4 Å². The number of nitrogens with one attached hydrogen (secondary N) is 1. The molecule has 0 heterocycles. The van der Waals surface area contributed by atoms with Crippen molar-refractivity contribution in [2.75, 3.05) is 25.5 Å². The molecule has 0 aliphatic heterocycles. The number of nitrogens with zero attached hydrogens (tertiary/aromatic N) is 1. The minimum atomic E-state index is -0.0726. The van der Waals surface area contributed by atoms with Crippen molar-refractivity contribution in [2.24, 2.45) is 0 Å². The number of carbonyl (C=O) groups excluding carboxylic acids is 2. The van der Waals surface area contributed by atoms with E-state index in [1.165, 1.54) is 0 Å². The molecule has 2 rings (SSSR count). The van der Waals surface area contributed by atoms with Crippen LogP contribution in [0.4, 0.5) is 5.69 Å². The number of para-hydroxylation sites is 1. The maximum Gasteiger partial charge on any atom is 0.226 e. The number of hydrogen-bond acceptors (Lipinski definition) is 3. The van der Waals surface area contributed by atoms with E-state index < -0.39 is 0 Å². The summed E-state index contributed by atoms with van der Waals surface area (Å²) in [5.41, 5.74) is 4.16. The summed E-state index contributed by atoms with van der Waals surface area (Å²) in [5.74, 6) is 0.702. The van der Waals surface area contributed by atoms with Gasteiger partial charge in [0.2, 0.25) is 11.8 Å². The van der Waals surface area contributed by atoms with Crippen LogP contribution in [0.3, 0.4) is 0 Å². The van der Waals surface area contributed by atoms with Crippen molar-refractivity contribution < 1.29 is 14.3 Å². The monoisotopic (exact) mass is 382 g/mol. The highest BCUT2D eigenvalue weighted by atomic mass is 16.5. The Bertz CT molecular complexity index is 817. The maximum absolute atomic E-state index is 12.5. The van der Waals surface area contributed by atoms with E-state index in [9.17, 15) is 9.59 Å². The van der Waals surface area contributed by atoms with E-state index in [1.807, 2.05) is 49.4 Å². The van der Waals surface area contributed by atoms with Crippen molar-refractivity contribution in [1.82, 2.24) is 4.90 Å². The highest BCUT2D eigenvalue weighted by Gasteiger charge is 2.13. The van der Waals surface area contributed by atoms with Crippen LogP contribution < -0.4 is 10.1 Å². The number of aryl methyl sites for hydroxylation is 2. The van der Waals surface area contributed by atoms with Gasteiger partial charge in [-0.3, -0.25) is 9.59 Å². The van der Waals surface area contributed by atoms with Crippen molar-refractivity contribution in [3.8, 4) is 5.75 Å². The van der Waals surface area contributed by atoms with Crippen molar-refractivity contribution in [3.05, 3.63) is 59.2 Å². The summed E-state index contributed by atoms with van der Waals surface area (Å²) < 4.78 is 5.24. The lowest BCUT2D eigenvalue weighted by atomic mass is 10.1. The Morgan fingerprint density at radius 2 is 1.86 bits per heavy atom. The molecule has 2 amide bonds. The number of rotatable bonds is 9. The Morgan fingerprint density at radius 3 is 2.54 bits per heavy atom. The second-order valence-corrected chi connectivity index (χ2v) is 6.87. The van der Waals surface area contributed by atoms with Crippen LogP contribution in [0.2, 0.25) is 0 Å². The topological polar surface area (TPSA) is 58.6 Å². The zero-order valence-corrected chi connectivity index (χ0v) is 17.2. The van der Waals surface area contributed by atoms with Gasteiger partial charge in [0.1, 0.15) is 5.75 Å². The fraction of sp³-hybridized carbons (Fsp3) is 0.391. The van der Waals surface area contributed by atoms with Crippen LogP contribution >= 0.6 is 0 Å². The molecule has 0 unspecified atom stereocenters. The molecule has 2 aromatic rings. The van der Waals surface area contributed by atoms with Crippen LogP contribution in [0.25, 0.3) is 0 Å². The Hall–Kier alpha value is -2.82. The third-order valence-corrected chi connectivity index (χ3v) is 4.86. The highest BCUT2D eigenvalue weighted by molar-refractivity contribution is 5.92. The van der Waals surface area contributed by atoms with E-state index in [1.54, 1.807) is 18.9 Å². The predicted octanol–water partition coefficient (Wildman–Crippen LogP) is 3.99. The zero-order chi connectivity index (χ0) is 20.5. The average molecular weight is 383 g/mol. The summed E-state index contributed by atoms with van der Waals surface area (Å²) in [5, 5.41) is 3.02. The Morgan fingerprint density at radius 1 is 1.11 bits per heavy atom. The van der Waals surface area contributed by atoms with Gasteiger partial charge in [0.15, 0.2) is 0 Å². The van der Waals surface area contributed by atoms with E-state index in [0.717, 1.165) is 41.0 Å². The molecule has 0 aliphatic rings. The van der Waals surface area contributed by atoms with Gasteiger partial charge in [0.25, 0.3) is 0 Å². The standard InChI is InChI=1S/C23H30N2O3/c1-5-20-10-6-8-17(2)23(20)24-22(27)13-15-25(18(3)26)14-12-19-9-7-11-21(16-19)28-4/h6-11,16H,5,12-15H2,1-4H3,(H,24,27). The van der Waals surface area contributed by atoms with E-state index in [2.05, 4.69) is 12.2 Å². The van der Waals surface area contributed by atoms with Crippen molar-refractivity contribution in [3.63, 3.8) is 0 Å². The predicted molar refractivity (Wildman–Crippen MR) is 113 cm³/mol. The van der Waals surface area contributed by atoms with Gasteiger partial charge in [-0.1, -0.05) is 37.3 Å². The molecule has 0 saturated heterocycles. The average Bonchev–Trinajstić information content (AvgIpc) is 2.69. The Kier molecular flexibility index (Phi) is 8.05. The SMILES string of the molecule is CCc1cccc(C)c1NC(=O)CCN(CCc1cccc(OC)c1)C(C)=O.